The molecule has 0 saturated carbocycles. The van der Waals surface area contributed by atoms with E-state index >= 15 is 0 Å². The molecule has 0 amide bonds. The maximum atomic E-state index is 5.82. The Morgan fingerprint density at radius 3 is 2.44 bits per heavy atom. The summed E-state index contributed by atoms with van der Waals surface area (Å²) in [5.74, 6) is 1.14. The fourth-order valence-electron chi connectivity index (χ4n) is 1.40. The molecule has 0 aliphatic rings. The quantitative estimate of drug-likeness (QED) is 0.740. The fraction of sp³-hybridized carbons (Fsp3) is 0.300. The first kappa shape index (κ1) is 10.9. The Balaban J connectivity index is 2.82. The van der Waals surface area contributed by atoms with Crippen LogP contribution in [0.15, 0.2) is 6.07 Å². The largest absolute Gasteiger partial charge is 0.397 e. The summed E-state index contributed by atoms with van der Waals surface area (Å²) in [6.45, 7) is 3.97. The Bertz CT molecular complexity index is 552. The molecule has 0 aromatic carbocycles. The Kier molecular flexibility index (Phi) is 2.55. The van der Waals surface area contributed by atoms with Gasteiger partial charge in [0.05, 0.1) is 5.69 Å². The van der Waals surface area contributed by atoms with E-state index in [4.69, 9.17) is 23.1 Å². The zero-order chi connectivity index (χ0) is 11.9. The third-order valence-electron chi connectivity index (χ3n) is 2.21. The van der Waals surface area contributed by atoms with Gasteiger partial charge in [0.15, 0.2) is 5.82 Å². The number of aromatic nitrogens is 3. The average Bonchev–Trinajstić information content (AvgIpc) is 2.19. The highest BCUT2D eigenvalue weighted by atomic mass is 35.5. The van der Waals surface area contributed by atoms with Crippen molar-refractivity contribution in [2.45, 2.75) is 19.8 Å². The number of hydrogen-bond donors (Lipinski definition) is 2. The molecule has 84 valence electrons. The standard InChI is InChI=1S/C10H12ClN5/c1-4(2)10-15-7-5(12)3-6(11)14-8(7)9(13)16-10/h3-4H,1-2H3,(H2,12,14)(H2,13,15,16). The summed E-state index contributed by atoms with van der Waals surface area (Å²) < 4.78 is 0. The number of fused-ring (bicyclic) bond motifs is 1. The molecule has 0 aliphatic heterocycles. The molecule has 0 saturated heterocycles. The van der Waals surface area contributed by atoms with Gasteiger partial charge in [-0.1, -0.05) is 25.4 Å². The summed E-state index contributed by atoms with van der Waals surface area (Å²) in [6, 6.07) is 1.56. The highest BCUT2D eigenvalue weighted by molar-refractivity contribution is 6.30. The van der Waals surface area contributed by atoms with Gasteiger partial charge in [0.2, 0.25) is 0 Å². The summed E-state index contributed by atoms with van der Waals surface area (Å²) in [5, 5.41) is 0.289. The lowest BCUT2D eigenvalue weighted by Crippen LogP contribution is -2.05. The van der Waals surface area contributed by atoms with Crippen molar-refractivity contribution in [2.75, 3.05) is 11.5 Å². The van der Waals surface area contributed by atoms with E-state index < -0.39 is 0 Å². The maximum absolute atomic E-state index is 5.82. The van der Waals surface area contributed by atoms with E-state index in [1.807, 2.05) is 13.8 Å². The molecule has 0 bridgehead atoms. The van der Waals surface area contributed by atoms with Crippen molar-refractivity contribution < 1.29 is 0 Å². The van der Waals surface area contributed by atoms with Gasteiger partial charge in [0, 0.05) is 12.0 Å². The molecule has 16 heavy (non-hydrogen) atoms. The topological polar surface area (TPSA) is 90.7 Å². The molecular formula is C10H12ClN5. The molecule has 2 rings (SSSR count). The molecule has 6 heteroatoms. The Morgan fingerprint density at radius 2 is 1.81 bits per heavy atom. The van der Waals surface area contributed by atoms with Crippen LogP contribution in [0.2, 0.25) is 5.15 Å². The highest BCUT2D eigenvalue weighted by Crippen LogP contribution is 2.25. The van der Waals surface area contributed by atoms with E-state index in [2.05, 4.69) is 15.0 Å². The molecule has 0 aliphatic carbocycles. The predicted molar refractivity (Wildman–Crippen MR) is 65.3 cm³/mol. The number of anilines is 2. The zero-order valence-corrected chi connectivity index (χ0v) is 9.78. The number of nitrogens with zero attached hydrogens (tertiary/aromatic N) is 3. The van der Waals surface area contributed by atoms with E-state index in [-0.39, 0.29) is 11.1 Å². The summed E-state index contributed by atoms with van der Waals surface area (Å²) in [5.41, 5.74) is 13.1. The third-order valence-corrected chi connectivity index (χ3v) is 2.40. The number of pyridine rings is 1. The van der Waals surface area contributed by atoms with E-state index in [1.54, 1.807) is 6.07 Å². The van der Waals surface area contributed by atoms with Gasteiger partial charge in [-0.05, 0) is 0 Å². The lowest BCUT2D eigenvalue weighted by molar-refractivity contribution is 0.785. The number of halogens is 1. The van der Waals surface area contributed by atoms with Crippen molar-refractivity contribution in [1.29, 1.82) is 0 Å². The van der Waals surface area contributed by atoms with Crippen LogP contribution >= 0.6 is 11.6 Å². The van der Waals surface area contributed by atoms with Crippen LogP contribution in [0.5, 0.6) is 0 Å². The molecular weight excluding hydrogens is 226 g/mol. The monoisotopic (exact) mass is 237 g/mol. The van der Waals surface area contributed by atoms with Gasteiger partial charge < -0.3 is 11.5 Å². The lowest BCUT2D eigenvalue weighted by atomic mass is 10.2. The zero-order valence-electron chi connectivity index (χ0n) is 9.03. The molecule has 5 nitrogen and oxygen atoms in total. The second-order valence-electron chi connectivity index (χ2n) is 3.85. The van der Waals surface area contributed by atoms with E-state index in [0.29, 0.717) is 28.4 Å². The van der Waals surface area contributed by atoms with Crippen molar-refractivity contribution in [2.24, 2.45) is 0 Å². The highest BCUT2D eigenvalue weighted by Gasteiger charge is 2.12. The van der Waals surface area contributed by atoms with Crippen LogP contribution < -0.4 is 11.5 Å². The maximum Gasteiger partial charge on any atom is 0.153 e. The SMILES string of the molecule is CC(C)c1nc(N)c2nc(Cl)cc(N)c2n1. The van der Waals surface area contributed by atoms with Crippen LogP contribution in [0, 0.1) is 0 Å². The van der Waals surface area contributed by atoms with Gasteiger partial charge in [-0.3, -0.25) is 0 Å². The van der Waals surface area contributed by atoms with Gasteiger partial charge in [-0.2, -0.15) is 0 Å². The number of hydrogen-bond acceptors (Lipinski definition) is 5. The van der Waals surface area contributed by atoms with Crippen LogP contribution in [0.25, 0.3) is 11.0 Å². The van der Waals surface area contributed by atoms with Crippen molar-refractivity contribution >= 4 is 34.1 Å². The van der Waals surface area contributed by atoms with Crippen LogP contribution in [0.1, 0.15) is 25.6 Å². The Hall–Kier alpha value is -1.62. The second-order valence-corrected chi connectivity index (χ2v) is 4.24. The number of nitrogen functional groups attached to an aromatic ring is 2. The molecule has 0 radical (unpaired) electrons. The molecule has 2 aromatic rings. The number of nitrogens with two attached hydrogens (primary N) is 2. The lowest BCUT2D eigenvalue weighted by Gasteiger charge is -2.08. The molecule has 4 N–H and O–H groups in total. The number of rotatable bonds is 1. The third kappa shape index (κ3) is 1.74. The van der Waals surface area contributed by atoms with E-state index in [0.717, 1.165) is 0 Å². The molecule has 2 aromatic heterocycles. The summed E-state index contributed by atoms with van der Waals surface area (Å²) in [7, 11) is 0. The van der Waals surface area contributed by atoms with Gasteiger partial charge in [0.25, 0.3) is 0 Å². The first-order valence-electron chi connectivity index (χ1n) is 4.88. The van der Waals surface area contributed by atoms with Crippen LogP contribution in [-0.2, 0) is 0 Å². The normalized spacial score (nSPS) is 11.2. The van der Waals surface area contributed by atoms with Crippen molar-refractivity contribution in [1.82, 2.24) is 15.0 Å². The molecule has 0 spiro atoms. The second kappa shape index (κ2) is 3.75. The minimum atomic E-state index is 0.182. The summed E-state index contributed by atoms with van der Waals surface area (Å²) in [4.78, 5) is 12.6. The summed E-state index contributed by atoms with van der Waals surface area (Å²) in [6.07, 6.45) is 0. The Labute approximate surface area is 97.8 Å². The predicted octanol–water partition coefficient (Wildman–Crippen LogP) is 1.97. The van der Waals surface area contributed by atoms with Gasteiger partial charge in [-0.15, -0.1) is 0 Å². The van der Waals surface area contributed by atoms with Crippen molar-refractivity contribution in [3.63, 3.8) is 0 Å². The molecule has 0 atom stereocenters. The summed E-state index contributed by atoms with van der Waals surface area (Å²) >= 11 is 5.80. The van der Waals surface area contributed by atoms with Gasteiger partial charge in [0.1, 0.15) is 22.0 Å². The average molecular weight is 238 g/mol. The van der Waals surface area contributed by atoms with Crippen LogP contribution in [0.3, 0.4) is 0 Å². The van der Waals surface area contributed by atoms with Gasteiger partial charge >= 0.3 is 0 Å². The minimum absolute atomic E-state index is 0.182. The van der Waals surface area contributed by atoms with Crippen LogP contribution in [-0.4, -0.2) is 15.0 Å². The molecule has 0 unspecified atom stereocenters. The first-order valence-corrected chi connectivity index (χ1v) is 5.26. The minimum Gasteiger partial charge on any atom is -0.397 e. The van der Waals surface area contributed by atoms with Crippen LogP contribution in [0.4, 0.5) is 11.5 Å². The Morgan fingerprint density at radius 1 is 1.12 bits per heavy atom. The molecule has 2 heterocycles. The first-order chi connectivity index (χ1) is 7.49. The van der Waals surface area contributed by atoms with Gasteiger partial charge in [-0.25, -0.2) is 15.0 Å². The van der Waals surface area contributed by atoms with E-state index in [9.17, 15) is 0 Å². The molecule has 0 fully saturated rings. The fourth-order valence-corrected chi connectivity index (χ4v) is 1.60. The van der Waals surface area contributed by atoms with Crippen molar-refractivity contribution in [3.8, 4) is 0 Å². The smallest absolute Gasteiger partial charge is 0.153 e. The van der Waals surface area contributed by atoms with Crippen molar-refractivity contribution in [3.05, 3.63) is 17.0 Å². The van der Waals surface area contributed by atoms with E-state index in [1.165, 1.54) is 0 Å².